The molecule has 1 atom stereocenters. The predicted octanol–water partition coefficient (Wildman–Crippen LogP) is 3.67. The first-order valence-corrected chi connectivity index (χ1v) is 6.66. The number of nitrogens with one attached hydrogen (secondary N) is 1. The fourth-order valence-electron chi connectivity index (χ4n) is 1.78. The first-order chi connectivity index (χ1) is 9.00. The van der Waals surface area contributed by atoms with Gasteiger partial charge in [0.05, 0.1) is 17.3 Å². The van der Waals surface area contributed by atoms with Crippen LogP contribution in [-0.4, -0.2) is 12.0 Å². The molecule has 0 saturated heterocycles. The minimum atomic E-state index is -4.34. The number of rotatable bonds is 4. The second-order valence-corrected chi connectivity index (χ2v) is 4.93. The van der Waals surface area contributed by atoms with Gasteiger partial charge in [0.1, 0.15) is 0 Å². The topological polar surface area (TPSA) is 24.9 Å². The third-order valence-corrected chi connectivity index (χ3v) is 3.57. The van der Waals surface area contributed by atoms with E-state index in [0.29, 0.717) is 12.1 Å². The van der Waals surface area contributed by atoms with Crippen molar-refractivity contribution in [2.45, 2.75) is 18.6 Å². The molecule has 0 aliphatic rings. The molecule has 2 heterocycles. The fourth-order valence-corrected chi connectivity index (χ4v) is 2.46. The number of pyridine rings is 1. The molecular formula is C13H13F3N2S. The second kappa shape index (κ2) is 5.71. The Kier molecular flexibility index (Phi) is 4.21. The van der Waals surface area contributed by atoms with Gasteiger partial charge < -0.3 is 5.32 Å². The molecule has 0 aliphatic heterocycles. The largest absolute Gasteiger partial charge is 0.417 e. The minimum absolute atomic E-state index is 0.0862. The molecule has 0 fully saturated rings. The summed E-state index contributed by atoms with van der Waals surface area (Å²) in [5.74, 6) is 0. The molecule has 0 amide bonds. The number of thiophene rings is 1. The van der Waals surface area contributed by atoms with Gasteiger partial charge in [-0.1, -0.05) is 0 Å². The van der Waals surface area contributed by atoms with Crippen molar-refractivity contribution in [1.82, 2.24) is 10.3 Å². The molecule has 2 aromatic heterocycles. The predicted molar refractivity (Wildman–Crippen MR) is 69.1 cm³/mol. The Morgan fingerprint density at radius 3 is 2.58 bits per heavy atom. The molecular weight excluding hydrogens is 273 g/mol. The average Bonchev–Trinajstić information content (AvgIpc) is 2.88. The van der Waals surface area contributed by atoms with E-state index in [0.717, 1.165) is 17.8 Å². The van der Waals surface area contributed by atoms with E-state index in [1.54, 1.807) is 18.4 Å². The summed E-state index contributed by atoms with van der Waals surface area (Å²) in [6, 6.07) is 4.41. The number of halogens is 3. The van der Waals surface area contributed by atoms with Crippen LogP contribution in [0.15, 0.2) is 35.2 Å². The Labute approximate surface area is 113 Å². The first kappa shape index (κ1) is 14.0. The molecule has 102 valence electrons. The van der Waals surface area contributed by atoms with Gasteiger partial charge in [0.15, 0.2) is 0 Å². The number of likely N-dealkylation sites (N-methyl/N-ethyl adjacent to an activating group) is 1. The Bertz CT molecular complexity index is 506. The highest BCUT2D eigenvalue weighted by atomic mass is 32.1. The van der Waals surface area contributed by atoms with Crippen LogP contribution in [0, 0.1) is 0 Å². The highest BCUT2D eigenvalue weighted by molar-refractivity contribution is 7.07. The van der Waals surface area contributed by atoms with E-state index < -0.39 is 11.7 Å². The zero-order chi connectivity index (χ0) is 13.9. The van der Waals surface area contributed by atoms with Crippen molar-refractivity contribution < 1.29 is 13.2 Å². The molecule has 1 unspecified atom stereocenters. The van der Waals surface area contributed by atoms with E-state index in [9.17, 15) is 13.2 Å². The summed E-state index contributed by atoms with van der Waals surface area (Å²) >= 11 is 1.60. The van der Waals surface area contributed by atoms with Crippen LogP contribution in [0.4, 0.5) is 13.2 Å². The van der Waals surface area contributed by atoms with Crippen molar-refractivity contribution in [2.75, 3.05) is 7.05 Å². The molecule has 0 aliphatic carbocycles. The molecule has 0 radical (unpaired) electrons. The van der Waals surface area contributed by atoms with Gasteiger partial charge in [-0.15, -0.1) is 0 Å². The maximum absolute atomic E-state index is 12.5. The van der Waals surface area contributed by atoms with E-state index in [2.05, 4.69) is 10.3 Å². The monoisotopic (exact) mass is 286 g/mol. The van der Waals surface area contributed by atoms with Gasteiger partial charge in [0.25, 0.3) is 0 Å². The van der Waals surface area contributed by atoms with Crippen molar-refractivity contribution in [1.29, 1.82) is 0 Å². The Hall–Kier alpha value is -1.40. The average molecular weight is 286 g/mol. The summed E-state index contributed by atoms with van der Waals surface area (Å²) < 4.78 is 37.4. The smallest absolute Gasteiger partial charge is 0.311 e. The molecule has 6 heteroatoms. The number of hydrogen-bond donors (Lipinski definition) is 1. The summed E-state index contributed by atoms with van der Waals surface area (Å²) in [5, 5.41) is 7.07. The number of aromatic nitrogens is 1. The number of hydrogen-bond acceptors (Lipinski definition) is 3. The van der Waals surface area contributed by atoms with Gasteiger partial charge in [-0.3, -0.25) is 4.98 Å². The zero-order valence-electron chi connectivity index (χ0n) is 10.2. The Morgan fingerprint density at radius 1 is 1.32 bits per heavy atom. The number of nitrogens with zero attached hydrogens (tertiary/aromatic N) is 1. The normalized spacial score (nSPS) is 13.5. The lowest BCUT2D eigenvalue weighted by molar-refractivity contribution is -0.137. The van der Waals surface area contributed by atoms with Crippen LogP contribution < -0.4 is 5.32 Å². The van der Waals surface area contributed by atoms with Gasteiger partial charge in [-0.2, -0.15) is 24.5 Å². The van der Waals surface area contributed by atoms with Gasteiger partial charge in [-0.25, -0.2) is 0 Å². The summed E-state index contributed by atoms with van der Waals surface area (Å²) in [7, 11) is 1.77. The van der Waals surface area contributed by atoms with Crippen LogP contribution in [0.25, 0.3) is 0 Å². The SMILES string of the molecule is CNC(Cc1ccsc1)c1ccc(C(F)(F)F)cn1. The van der Waals surface area contributed by atoms with Gasteiger partial charge in [-0.05, 0) is 48.0 Å². The molecule has 2 aromatic rings. The van der Waals surface area contributed by atoms with Gasteiger partial charge >= 0.3 is 6.18 Å². The lowest BCUT2D eigenvalue weighted by atomic mass is 10.0. The molecule has 0 spiro atoms. The van der Waals surface area contributed by atoms with Crippen LogP contribution >= 0.6 is 11.3 Å². The Balaban J connectivity index is 2.15. The summed E-state index contributed by atoms with van der Waals surface area (Å²) in [5.41, 5.74) is 1.04. The van der Waals surface area contributed by atoms with Crippen LogP contribution in [-0.2, 0) is 12.6 Å². The van der Waals surface area contributed by atoms with Crippen molar-refractivity contribution in [3.05, 3.63) is 52.0 Å². The zero-order valence-corrected chi connectivity index (χ0v) is 11.1. The highest BCUT2D eigenvalue weighted by Crippen LogP contribution is 2.29. The van der Waals surface area contributed by atoms with E-state index in [1.807, 2.05) is 16.8 Å². The molecule has 2 rings (SSSR count). The van der Waals surface area contributed by atoms with Gasteiger partial charge in [0.2, 0.25) is 0 Å². The van der Waals surface area contributed by atoms with Crippen molar-refractivity contribution in [3.8, 4) is 0 Å². The lowest BCUT2D eigenvalue weighted by Gasteiger charge is -2.15. The molecule has 19 heavy (non-hydrogen) atoms. The molecule has 1 N–H and O–H groups in total. The van der Waals surface area contributed by atoms with Crippen molar-refractivity contribution in [3.63, 3.8) is 0 Å². The lowest BCUT2D eigenvalue weighted by Crippen LogP contribution is -2.20. The van der Waals surface area contributed by atoms with E-state index in [1.165, 1.54) is 6.07 Å². The summed E-state index contributed by atoms with van der Waals surface area (Å²) in [6.45, 7) is 0. The maximum atomic E-state index is 12.5. The second-order valence-electron chi connectivity index (χ2n) is 4.15. The fraction of sp³-hybridized carbons (Fsp3) is 0.308. The molecule has 0 bridgehead atoms. The van der Waals surface area contributed by atoms with Crippen molar-refractivity contribution in [2.24, 2.45) is 0 Å². The highest BCUT2D eigenvalue weighted by Gasteiger charge is 2.30. The maximum Gasteiger partial charge on any atom is 0.417 e. The third kappa shape index (κ3) is 3.54. The van der Waals surface area contributed by atoms with Gasteiger partial charge in [0, 0.05) is 6.20 Å². The van der Waals surface area contributed by atoms with Crippen LogP contribution in [0.1, 0.15) is 22.9 Å². The minimum Gasteiger partial charge on any atom is -0.311 e. The molecule has 0 saturated carbocycles. The third-order valence-electron chi connectivity index (χ3n) is 2.84. The Morgan fingerprint density at radius 2 is 2.11 bits per heavy atom. The van der Waals surface area contributed by atoms with E-state index in [4.69, 9.17) is 0 Å². The quantitative estimate of drug-likeness (QED) is 0.927. The van der Waals surface area contributed by atoms with E-state index >= 15 is 0 Å². The van der Waals surface area contributed by atoms with Crippen molar-refractivity contribution >= 4 is 11.3 Å². The summed E-state index contributed by atoms with van der Waals surface area (Å²) in [4.78, 5) is 3.92. The van der Waals surface area contributed by atoms with Crippen LogP contribution in [0.3, 0.4) is 0 Å². The first-order valence-electron chi connectivity index (χ1n) is 5.72. The van der Waals surface area contributed by atoms with E-state index in [-0.39, 0.29) is 6.04 Å². The molecule has 0 aromatic carbocycles. The van der Waals surface area contributed by atoms with Crippen LogP contribution in [0.5, 0.6) is 0 Å². The number of alkyl halides is 3. The molecule has 2 nitrogen and oxygen atoms in total. The van der Waals surface area contributed by atoms with Crippen LogP contribution in [0.2, 0.25) is 0 Å². The standard InChI is InChI=1S/C13H13F3N2S/c1-17-12(6-9-4-5-19-8-9)11-3-2-10(7-18-11)13(14,15)16/h2-5,7-8,12,17H,6H2,1H3. The summed E-state index contributed by atoms with van der Waals surface area (Å²) in [6.07, 6.45) is -2.75.